The minimum absolute atomic E-state index is 0.138. The number of benzene rings is 1. The average Bonchev–Trinajstić information content (AvgIpc) is 2.34. The highest BCUT2D eigenvalue weighted by atomic mass is 19.1. The first-order chi connectivity index (χ1) is 9.11. The van der Waals surface area contributed by atoms with Crippen LogP contribution in [0.3, 0.4) is 0 Å². The van der Waals surface area contributed by atoms with Gasteiger partial charge in [-0.1, -0.05) is 19.1 Å². The standard InChI is InChI=1S/C16H23FN2/c1-11-5-16(6-11)19-9-13(8-15(18)10-19)12-3-2-4-14(17)7-12/h2-4,7,11,13,15-16H,5-6,8-10,18H2,1H3. The SMILES string of the molecule is CC1CC(N2CC(N)CC(c3cccc(F)c3)C2)C1. The molecule has 1 heterocycles. The zero-order valence-corrected chi connectivity index (χ0v) is 11.6. The molecule has 0 radical (unpaired) electrons. The van der Waals surface area contributed by atoms with Gasteiger partial charge in [0.25, 0.3) is 0 Å². The van der Waals surface area contributed by atoms with Crippen molar-refractivity contribution in [3.63, 3.8) is 0 Å². The van der Waals surface area contributed by atoms with Gasteiger partial charge in [-0.3, -0.25) is 4.90 Å². The number of rotatable bonds is 2. The lowest BCUT2D eigenvalue weighted by molar-refractivity contribution is 0.0541. The molecule has 1 aliphatic heterocycles. The molecule has 3 rings (SSSR count). The van der Waals surface area contributed by atoms with E-state index in [0.29, 0.717) is 12.0 Å². The van der Waals surface area contributed by atoms with Crippen molar-refractivity contribution in [3.8, 4) is 0 Å². The first-order valence-electron chi connectivity index (χ1n) is 7.37. The van der Waals surface area contributed by atoms with Crippen LogP contribution in [0.15, 0.2) is 24.3 Å². The summed E-state index contributed by atoms with van der Waals surface area (Å²) in [5, 5.41) is 0. The largest absolute Gasteiger partial charge is 0.327 e. The molecule has 0 bridgehead atoms. The number of halogens is 1. The Bertz CT molecular complexity index is 442. The van der Waals surface area contributed by atoms with Crippen LogP contribution in [0.1, 0.15) is 37.7 Å². The minimum atomic E-state index is -0.138. The van der Waals surface area contributed by atoms with Crippen molar-refractivity contribution in [3.05, 3.63) is 35.6 Å². The first kappa shape index (κ1) is 13.1. The normalized spacial score (nSPS) is 35.9. The van der Waals surface area contributed by atoms with Gasteiger partial charge in [0.2, 0.25) is 0 Å². The lowest BCUT2D eigenvalue weighted by atomic mass is 9.78. The summed E-state index contributed by atoms with van der Waals surface area (Å²) < 4.78 is 13.4. The van der Waals surface area contributed by atoms with Gasteiger partial charge in [-0.2, -0.15) is 0 Å². The maximum Gasteiger partial charge on any atom is 0.123 e. The lowest BCUT2D eigenvalue weighted by Crippen LogP contribution is -2.53. The van der Waals surface area contributed by atoms with Gasteiger partial charge in [0, 0.05) is 25.2 Å². The Morgan fingerprint density at radius 3 is 2.68 bits per heavy atom. The second-order valence-electron chi connectivity index (χ2n) is 6.43. The van der Waals surface area contributed by atoms with E-state index >= 15 is 0 Å². The van der Waals surface area contributed by atoms with Crippen LogP contribution >= 0.6 is 0 Å². The van der Waals surface area contributed by atoms with Gasteiger partial charge in [0.1, 0.15) is 5.82 Å². The summed E-state index contributed by atoms with van der Waals surface area (Å²) in [6.45, 7) is 4.35. The molecule has 2 fully saturated rings. The molecular formula is C16H23FN2. The second-order valence-corrected chi connectivity index (χ2v) is 6.43. The van der Waals surface area contributed by atoms with Gasteiger partial charge in [0.15, 0.2) is 0 Å². The smallest absolute Gasteiger partial charge is 0.123 e. The fourth-order valence-corrected chi connectivity index (χ4v) is 3.63. The summed E-state index contributed by atoms with van der Waals surface area (Å²) in [7, 11) is 0. The van der Waals surface area contributed by atoms with E-state index in [1.807, 2.05) is 6.07 Å². The number of nitrogens with two attached hydrogens (primary N) is 1. The number of likely N-dealkylation sites (tertiary alicyclic amines) is 1. The third kappa shape index (κ3) is 2.82. The third-order valence-corrected chi connectivity index (χ3v) is 4.70. The Balaban J connectivity index is 1.71. The van der Waals surface area contributed by atoms with Gasteiger partial charge in [-0.15, -0.1) is 0 Å². The highest BCUT2D eigenvalue weighted by molar-refractivity contribution is 5.22. The molecule has 2 nitrogen and oxygen atoms in total. The zero-order chi connectivity index (χ0) is 13.4. The minimum Gasteiger partial charge on any atom is -0.327 e. The molecule has 1 aromatic carbocycles. The molecule has 0 amide bonds. The Morgan fingerprint density at radius 1 is 1.21 bits per heavy atom. The van der Waals surface area contributed by atoms with Crippen molar-refractivity contribution in [2.24, 2.45) is 11.7 Å². The van der Waals surface area contributed by atoms with Crippen LogP contribution in [-0.4, -0.2) is 30.1 Å². The highest BCUT2D eigenvalue weighted by Crippen LogP contribution is 2.35. The number of piperidine rings is 1. The van der Waals surface area contributed by atoms with E-state index in [1.54, 1.807) is 12.1 Å². The summed E-state index contributed by atoms with van der Waals surface area (Å²) in [5.41, 5.74) is 7.31. The van der Waals surface area contributed by atoms with Crippen LogP contribution in [0.25, 0.3) is 0 Å². The zero-order valence-electron chi connectivity index (χ0n) is 11.6. The highest BCUT2D eigenvalue weighted by Gasteiger charge is 2.35. The van der Waals surface area contributed by atoms with Crippen LogP contribution in [0, 0.1) is 11.7 Å². The van der Waals surface area contributed by atoms with Crippen molar-refractivity contribution in [1.29, 1.82) is 0 Å². The summed E-state index contributed by atoms with van der Waals surface area (Å²) in [4.78, 5) is 2.53. The van der Waals surface area contributed by atoms with E-state index in [1.165, 1.54) is 18.9 Å². The van der Waals surface area contributed by atoms with Gasteiger partial charge in [-0.25, -0.2) is 4.39 Å². The van der Waals surface area contributed by atoms with Gasteiger partial charge < -0.3 is 5.73 Å². The van der Waals surface area contributed by atoms with Crippen molar-refractivity contribution < 1.29 is 4.39 Å². The Morgan fingerprint density at radius 2 is 2.00 bits per heavy atom. The van der Waals surface area contributed by atoms with E-state index in [4.69, 9.17) is 5.73 Å². The van der Waals surface area contributed by atoms with Crippen LogP contribution in [0.2, 0.25) is 0 Å². The third-order valence-electron chi connectivity index (χ3n) is 4.70. The topological polar surface area (TPSA) is 29.3 Å². The number of nitrogens with zero attached hydrogens (tertiary/aromatic N) is 1. The molecule has 1 saturated carbocycles. The fourth-order valence-electron chi connectivity index (χ4n) is 3.63. The summed E-state index contributed by atoms with van der Waals surface area (Å²) >= 11 is 0. The van der Waals surface area contributed by atoms with Crippen LogP contribution < -0.4 is 5.73 Å². The second kappa shape index (κ2) is 5.22. The number of hydrogen-bond acceptors (Lipinski definition) is 2. The summed E-state index contributed by atoms with van der Waals surface area (Å²) in [6.07, 6.45) is 3.56. The van der Waals surface area contributed by atoms with Gasteiger partial charge in [0.05, 0.1) is 0 Å². The molecule has 0 spiro atoms. The summed E-state index contributed by atoms with van der Waals surface area (Å²) in [5.74, 6) is 1.10. The van der Waals surface area contributed by atoms with E-state index < -0.39 is 0 Å². The maximum absolute atomic E-state index is 13.4. The molecule has 19 heavy (non-hydrogen) atoms. The molecule has 2 N–H and O–H groups in total. The fraction of sp³-hybridized carbons (Fsp3) is 0.625. The Kier molecular flexibility index (Phi) is 3.59. The predicted molar refractivity (Wildman–Crippen MR) is 75.5 cm³/mol. The van der Waals surface area contributed by atoms with E-state index in [9.17, 15) is 4.39 Å². The molecule has 2 atom stereocenters. The molecule has 2 unspecified atom stereocenters. The lowest BCUT2D eigenvalue weighted by Gasteiger charge is -2.47. The molecular weight excluding hydrogens is 239 g/mol. The van der Waals surface area contributed by atoms with Crippen molar-refractivity contribution in [2.45, 2.75) is 44.2 Å². The monoisotopic (exact) mass is 262 g/mol. The molecule has 1 aliphatic carbocycles. The molecule has 104 valence electrons. The van der Waals surface area contributed by atoms with Crippen LogP contribution in [0.5, 0.6) is 0 Å². The van der Waals surface area contributed by atoms with E-state index in [0.717, 1.165) is 31.0 Å². The Labute approximate surface area is 114 Å². The van der Waals surface area contributed by atoms with Crippen LogP contribution in [-0.2, 0) is 0 Å². The van der Waals surface area contributed by atoms with Gasteiger partial charge >= 0.3 is 0 Å². The molecule has 1 saturated heterocycles. The van der Waals surface area contributed by atoms with E-state index in [-0.39, 0.29) is 11.9 Å². The maximum atomic E-state index is 13.4. The van der Waals surface area contributed by atoms with Crippen LogP contribution in [0.4, 0.5) is 4.39 Å². The first-order valence-corrected chi connectivity index (χ1v) is 7.37. The molecule has 3 heteroatoms. The quantitative estimate of drug-likeness (QED) is 0.888. The summed E-state index contributed by atoms with van der Waals surface area (Å²) in [6, 6.07) is 7.95. The molecule has 2 aliphatic rings. The van der Waals surface area contributed by atoms with Crippen molar-refractivity contribution in [1.82, 2.24) is 4.90 Å². The van der Waals surface area contributed by atoms with Crippen molar-refractivity contribution >= 4 is 0 Å². The molecule has 1 aromatic rings. The average molecular weight is 262 g/mol. The molecule has 0 aromatic heterocycles. The van der Waals surface area contributed by atoms with E-state index in [2.05, 4.69) is 11.8 Å². The van der Waals surface area contributed by atoms with Crippen molar-refractivity contribution in [2.75, 3.05) is 13.1 Å². The van der Waals surface area contributed by atoms with Gasteiger partial charge in [-0.05, 0) is 48.8 Å². The number of hydrogen-bond donors (Lipinski definition) is 1. The Hall–Kier alpha value is -0.930. The predicted octanol–water partition coefficient (Wildman–Crippen LogP) is 2.74.